The van der Waals surface area contributed by atoms with E-state index in [1.165, 1.54) is 0 Å². The van der Waals surface area contributed by atoms with Crippen LogP contribution in [0.5, 0.6) is 0 Å². The second-order valence-corrected chi connectivity index (χ2v) is 6.16. The highest BCUT2D eigenvalue weighted by Crippen LogP contribution is 2.23. The lowest BCUT2D eigenvalue weighted by molar-refractivity contribution is -0.117. The van der Waals surface area contributed by atoms with Crippen LogP contribution in [-0.2, 0) is 17.6 Å². The summed E-state index contributed by atoms with van der Waals surface area (Å²) in [4.78, 5) is 32.7. The van der Waals surface area contributed by atoms with Crippen molar-refractivity contribution in [3.05, 3.63) is 58.8 Å². The monoisotopic (exact) mass is 320 g/mol. The van der Waals surface area contributed by atoms with Gasteiger partial charge in [0.05, 0.1) is 0 Å². The molecule has 1 aliphatic carbocycles. The molecule has 3 aromatic rings. The number of aryl methyl sites for hydroxylation is 2. The van der Waals surface area contributed by atoms with Gasteiger partial charge >= 0.3 is 0 Å². The van der Waals surface area contributed by atoms with Crippen LogP contribution in [-0.4, -0.2) is 26.1 Å². The van der Waals surface area contributed by atoms with E-state index in [0.29, 0.717) is 29.9 Å². The minimum absolute atomic E-state index is 0.212. The summed E-state index contributed by atoms with van der Waals surface area (Å²) in [5.74, 6) is -0.0944. The highest BCUT2D eigenvalue weighted by Gasteiger charge is 2.20. The van der Waals surface area contributed by atoms with Crippen molar-refractivity contribution in [3.63, 3.8) is 0 Å². The van der Waals surface area contributed by atoms with E-state index in [2.05, 4.69) is 15.3 Å². The summed E-state index contributed by atoms with van der Waals surface area (Å²) in [6, 6.07) is 7.51. The molecule has 2 heterocycles. The second-order valence-electron chi connectivity index (χ2n) is 6.16. The molecule has 6 heteroatoms. The number of hydrogen-bond donors (Lipinski definition) is 1. The molecule has 0 aliphatic heterocycles. The molecule has 6 nitrogen and oxygen atoms in total. The minimum Gasteiger partial charge on any atom is -0.321 e. The van der Waals surface area contributed by atoms with Gasteiger partial charge in [-0.2, -0.15) is 0 Å². The number of Topliss-reactive ketones (excluding diaryl/α,β-unsaturated/α-hetero) is 1. The van der Waals surface area contributed by atoms with E-state index in [9.17, 15) is 9.59 Å². The number of aromatic nitrogens is 3. The molecule has 120 valence electrons. The lowest BCUT2D eigenvalue weighted by atomic mass is 10.1. The van der Waals surface area contributed by atoms with E-state index in [1.54, 1.807) is 10.7 Å². The zero-order chi connectivity index (χ0) is 16.8. The number of fused-ring (bicyclic) bond motifs is 2. The van der Waals surface area contributed by atoms with Gasteiger partial charge in [0.1, 0.15) is 12.1 Å². The SMILES string of the molecule is Cc1cc(C)n2cnc(C(=O)Nc3ccc4c(c3)CC(=O)C4)c2n1. The van der Waals surface area contributed by atoms with Crippen LogP contribution in [0, 0.1) is 13.8 Å². The van der Waals surface area contributed by atoms with Crippen molar-refractivity contribution < 1.29 is 9.59 Å². The summed E-state index contributed by atoms with van der Waals surface area (Å²) in [7, 11) is 0. The number of anilines is 1. The Labute approximate surface area is 138 Å². The van der Waals surface area contributed by atoms with Crippen molar-refractivity contribution in [2.24, 2.45) is 0 Å². The molecule has 0 spiro atoms. The average Bonchev–Trinajstić information content (AvgIpc) is 3.09. The third-order valence-corrected chi connectivity index (χ3v) is 4.28. The van der Waals surface area contributed by atoms with E-state index in [0.717, 1.165) is 22.5 Å². The van der Waals surface area contributed by atoms with Crippen molar-refractivity contribution in [1.29, 1.82) is 0 Å². The van der Waals surface area contributed by atoms with Gasteiger partial charge in [-0.3, -0.25) is 14.0 Å². The highest BCUT2D eigenvalue weighted by atomic mass is 16.2. The standard InChI is InChI=1S/C18H16N4O2/c1-10-5-11(2)22-9-19-16(17(22)20-10)18(24)21-14-4-3-12-7-15(23)8-13(12)6-14/h3-6,9H,7-8H2,1-2H3,(H,21,24). The zero-order valence-corrected chi connectivity index (χ0v) is 13.5. The fraction of sp³-hybridized carbons (Fsp3) is 0.222. The molecule has 0 fully saturated rings. The van der Waals surface area contributed by atoms with Crippen molar-refractivity contribution in [1.82, 2.24) is 14.4 Å². The van der Waals surface area contributed by atoms with Crippen LogP contribution >= 0.6 is 0 Å². The van der Waals surface area contributed by atoms with Gasteiger partial charge in [-0.05, 0) is 43.2 Å². The molecule has 24 heavy (non-hydrogen) atoms. The van der Waals surface area contributed by atoms with Crippen molar-refractivity contribution in [2.75, 3.05) is 5.32 Å². The smallest absolute Gasteiger partial charge is 0.278 e. The number of hydrogen-bond acceptors (Lipinski definition) is 4. The van der Waals surface area contributed by atoms with Crippen molar-refractivity contribution in [2.45, 2.75) is 26.7 Å². The maximum absolute atomic E-state index is 12.6. The maximum atomic E-state index is 12.6. The predicted octanol–water partition coefficient (Wildman–Crippen LogP) is 2.27. The van der Waals surface area contributed by atoms with E-state index in [-0.39, 0.29) is 11.7 Å². The van der Waals surface area contributed by atoms with Gasteiger partial charge in [0.25, 0.3) is 5.91 Å². The first-order valence-corrected chi connectivity index (χ1v) is 7.77. The van der Waals surface area contributed by atoms with Gasteiger partial charge < -0.3 is 5.32 Å². The summed E-state index contributed by atoms with van der Waals surface area (Å²) in [5.41, 5.74) is 5.33. The summed E-state index contributed by atoms with van der Waals surface area (Å²) in [6.45, 7) is 3.84. The molecular formula is C18H16N4O2. The number of rotatable bonds is 2. The van der Waals surface area contributed by atoms with Gasteiger partial charge in [0, 0.05) is 29.9 Å². The zero-order valence-electron chi connectivity index (χ0n) is 13.5. The van der Waals surface area contributed by atoms with Crippen LogP contribution in [0.15, 0.2) is 30.6 Å². The molecule has 0 unspecified atom stereocenters. The molecule has 0 atom stereocenters. The molecule has 1 aromatic carbocycles. The lowest BCUT2D eigenvalue weighted by Gasteiger charge is -2.06. The summed E-state index contributed by atoms with van der Waals surface area (Å²) >= 11 is 0. The third kappa shape index (κ3) is 2.36. The molecule has 2 aromatic heterocycles. The normalized spacial score (nSPS) is 13.3. The van der Waals surface area contributed by atoms with E-state index in [1.807, 2.05) is 38.1 Å². The Kier molecular flexibility index (Phi) is 3.19. The molecule has 1 amide bonds. The minimum atomic E-state index is -0.306. The van der Waals surface area contributed by atoms with Gasteiger partial charge in [-0.15, -0.1) is 0 Å². The van der Waals surface area contributed by atoms with Gasteiger partial charge in [0.2, 0.25) is 0 Å². The van der Waals surface area contributed by atoms with Crippen LogP contribution in [0.2, 0.25) is 0 Å². The van der Waals surface area contributed by atoms with Crippen LogP contribution in [0.3, 0.4) is 0 Å². The molecule has 1 aliphatic rings. The third-order valence-electron chi connectivity index (χ3n) is 4.28. The first kappa shape index (κ1) is 14.6. The summed E-state index contributed by atoms with van der Waals surface area (Å²) < 4.78 is 1.79. The first-order valence-electron chi connectivity index (χ1n) is 7.77. The number of imidazole rings is 1. The van der Waals surface area contributed by atoms with Crippen LogP contribution in [0.25, 0.3) is 5.65 Å². The maximum Gasteiger partial charge on any atom is 0.278 e. The Morgan fingerprint density at radius 3 is 2.79 bits per heavy atom. The number of carbonyl (C=O) groups is 2. The summed E-state index contributed by atoms with van der Waals surface area (Å²) in [6.07, 6.45) is 2.53. The van der Waals surface area contributed by atoms with Crippen LogP contribution < -0.4 is 5.32 Å². The van der Waals surface area contributed by atoms with E-state index in [4.69, 9.17) is 0 Å². The lowest BCUT2D eigenvalue weighted by Crippen LogP contribution is -2.13. The Hall–Kier alpha value is -3.02. The van der Waals surface area contributed by atoms with Crippen molar-refractivity contribution in [3.8, 4) is 0 Å². The number of nitrogens with zero attached hydrogens (tertiary/aromatic N) is 3. The van der Waals surface area contributed by atoms with E-state index < -0.39 is 0 Å². The van der Waals surface area contributed by atoms with Gasteiger partial charge in [0.15, 0.2) is 11.3 Å². The second kappa shape index (κ2) is 5.26. The van der Waals surface area contributed by atoms with E-state index >= 15 is 0 Å². The Bertz CT molecular complexity index is 1000. The van der Waals surface area contributed by atoms with Crippen LogP contribution in [0.4, 0.5) is 5.69 Å². The molecule has 0 bridgehead atoms. The highest BCUT2D eigenvalue weighted by molar-refractivity contribution is 6.07. The molecule has 0 saturated carbocycles. The molecule has 0 radical (unpaired) electrons. The molecule has 4 rings (SSSR count). The number of ketones is 1. The van der Waals surface area contributed by atoms with Gasteiger partial charge in [-0.1, -0.05) is 6.07 Å². The molecular weight excluding hydrogens is 304 g/mol. The fourth-order valence-corrected chi connectivity index (χ4v) is 3.16. The average molecular weight is 320 g/mol. The molecule has 0 saturated heterocycles. The van der Waals surface area contributed by atoms with Crippen molar-refractivity contribution >= 4 is 23.0 Å². The number of benzene rings is 1. The Morgan fingerprint density at radius 1 is 1.17 bits per heavy atom. The largest absolute Gasteiger partial charge is 0.321 e. The first-order chi connectivity index (χ1) is 11.5. The number of carbonyl (C=O) groups excluding carboxylic acids is 2. The quantitative estimate of drug-likeness (QED) is 0.786. The molecule has 1 N–H and O–H groups in total. The predicted molar refractivity (Wildman–Crippen MR) is 89.3 cm³/mol. The summed E-state index contributed by atoms with van der Waals surface area (Å²) in [5, 5.41) is 2.85. The number of amides is 1. The van der Waals surface area contributed by atoms with Gasteiger partial charge in [-0.25, -0.2) is 9.97 Å². The number of nitrogens with one attached hydrogen (secondary N) is 1. The fourth-order valence-electron chi connectivity index (χ4n) is 3.16. The Morgan fingerprint density at radius 2 is 1.96 bits per heavy atom. The topological polar surface area (TPSA) is 76.4 Å². The van der Waals surface area contributed by atoms with Crippen LogP contribution in [0.1, 0.15) is 33.0 Å². The Balaban J connectivity index is 1.66.